The Balaban J connectivity index is 1.97. The van der Waals surface area contributed by atoms with Crippen LogP contribution in [0.3, 0.4) is 0 Å². The number of amides is 1. The Kier molecular flexibility index (Phi) is 5.56. The van der Waals surface area contributed by atoms with Crippen molar-refractivity contribution >= 4 is 28.9 Å². The van der Waals surface area contributed by atoms with Crippen LogP contribution in [-0.2, 0) is 20.9 Å². The lowest BCUT2D eigenvalue weighted by atomic mass is 10.1. The molecule has 24 heavy (non-hydrogen) atoms. The first-order valence-electron chi connectivity index (χ1n) is 7.50. The normalized spacial score (nSPS) is 11.8. The number of aryl methyl sites for hydroxylation is 3. The van der Waals surface area contributed by atoms with Gasteiger partial charge in [-0.1, -0.05) is 23.5 Å². The van der Waals surface area contributed by atoms with Gasteiger partial charge in [-0.3, -0.25) is 19.0 Å². The average molecular weight is 348 g/mol. The van der Waals surface area contributed by atoms with E-state index in [2.05, 4.69) is 5.32 Å². The summed E-state index contributed by atoms with van der Waals surface area (Å²) in [5.41, 5.74) is 3.32. The minimum Gasteiger partial charge on any atom is -0.451 e. The molecule has 1 heterocycles. The van der Waals surface area contributed by atoms with Crippen molar-refractivity contribution in [2.45, 2.75) is 40.3 Å². The Morgan fingerprint density at radius 3 is 2.62 bits per heavy atom. The fourth-order valence-corrected chi connectivity index (χ4v) is 2.85. The topological polar surface area (TPSA) is 77.4 Å². The van der Waals surface area contributed by atoms with E-state index in [0.717, 1.165) is 22.5 Å². The van der Waals surface area contributed by atoms with Crippen LogP contribution in [-0.4, -0.2) is 22.5 Å². The first-order valence-corrected chi connectivity index (χ1v) is 8.38. The number of carbonyl (C=O) groups excluding carboxylic acids is 2. The lowest BCUT2D eigenvalue weighted by molar-refractivity contribution is -0.153. The number of esters is 1. The van der Waals surface area contributed by atoms with Crippen molar-refractivity contribution in [1.29, 1.82) is 0 Å². The summed E-state index contributed by atoms with van der Waals surface area (Å²) < 4.78 is 6.45. The van der Waals surface area contributed by atoms with Gasteiger partial charge >= 0.3 is 10.8 Å². The van der Waals surface area contributed by atoms with E-state index in [-0.39, 0.29) is 11.4 Å². The summed E-state index contributed by atoms with van der Waals surface area (Å²) in [5.74, 6) is -1.03. The van der Waals surface area contributed by atoms with Crippen molar-refractivity contribution in [2.75, 3.05) is 5.32 Å². The molecule has 0 aliphatic carbocycles. The number of anilines is 1. The number of hydrogen-bond donors (Lipinski definition) is 1. The first-order chi connectivity index (χ1) is 11.3. The molecule has 0 spiro atoms. The maximum absolute atomic E-state index is 12.2. The smallest absolute Gasteiger partial charge is 0.326 e. The SMILES string of the molecule is Cc1ccc(C)c(NC(=O)[C@H](C)OC(=O)Cn2c(C)csc2=O)c1. The highest BCUT2D eigenvalue weighted by atomic mass is 32.1. The second-order valence-electron chi connectivity index (χ2n) is 5.67. The third-order valence-electron chi connectivity index (χ3n) is 3.59. The van der Waals surface area contributed by atoms with E-state index in [9.17, 15) is 14.4 Å². The fraction of sp³-hybridized carbons (Fsp3) is 0.353. The van der Waals surface area contributed by atoms with Gasteiger partial charge in [0.05, 0.1) is 0 Å². The molecule has 0 aliphatic rings. The number of thiazole rings is 1. The lowest BCUT2D eigenvalue weighted by Gasteiger charge is -2.15. The van der Waals surface area contributed by atoms with Gasteiger partial charge in [0.2, 0.25) is 0 Å². The Morgan fingerprint density at radius 2 is 2.00 bits per heavy atom. The molecule has 1 aromatic carbocycles. The number of carbonyl (C=O) groups is 2. The van der Waals surface area contributed by atoms with Gasteiger partial charge in [0.15, 0.2) is 6.10 Å². The van der Waals surface area contributed by atoms with Gasteiger partial charge in [-0.05, 0) is 44.9 Å². The first kappa shape index (κ1) is 17.9. The fourth-order valence-electron chi connectivity index (χ4n) is 2.12. The van der Waals surface area contributed by atoms with Crippen molar-refractivity contribution in [3.63, 3.8) is 0 Å². The highest BCUT2D eigenvalue weighted by Gasteiger charge is 2.19. The Labute approximate surface area is 144 Å². The molecule has 2 aromatic rings. The van der Waals surface area contributed by atoms with Crippen LogP contribution in [0.15, 0.2) is 28.4 Å². The number of rotatable bonds is 5. The molecule has 1 aromatic heterocycles. The minimum atomic E-state index is -0.952. The maximum Gasteiger partial charge on any atom is 0.326 e. The Bertz CT molecular complexity index is 822. The molecule has 7 heteroatoms. The zero-order chi connectivity index (χ0) is 17.9. The summed E-state index contributed by atoms with van der Waals surface area (Å²) >= 11 is 1.02. The van der Waals surface area contributed by atoms with Crippen LogP contribution in [0.2, 0.25) is 0 Å². The molecule has 2 rings (SSSR count). The van der Waals surface area contributed by atoms with E-state index >= 15 is 0 Å². The van der Waals surface area contributed by atoms with Crippen LogP contribution in [0.5, 0.6) is 0 Å². The van der Waals surface area contributed by atoms with Gasteiger partial charge in [-0.25, -0.2) is 0 Å². The third-order valence-corrected chi connectivity index (χ3v) is 4.47. The number of nitrogens with zero attached hydrogens (tertiary/aromatic N) is 1. The van der Waals surface area contributed by atoms with E-state index in [4.69, 9.17) is 4.74 Å². The molecule has 0 bridgehead atoms. The number of aromatic nitrogens is 1. The van der Waals surface area contributed by atoms with E-state index in [1.54, 1.807) is 12.3 Å². The van der Waals surface area contributed by atoms with Gasteiger partial charge in [-0.2, -0.15) is 0 Å². The second-order valence-corrected chi connectivity index (χ2v) is 6.49. The summed E-state index contributed by atoms with van der Waals surface area (Å²) in [6, 6.07) is 5.72. The Morgan fingerprint density at radius 1 is 1.29 bits per heavy atom. The molecule has 0 unspecified atom stereocenters. The van der Waals surface area contributed by atoms with Crippen LogP contribution in [0, 0.1) is 20.8 Å². The van der Waals surface area contributed by atoms with E-state index in [1.165, 1.54) is 11.5 Å². The molecule has 1 atom stereocenters. The Hall–Kier alpha value is -2.41. The van der Waals surface area contributed by atoms with E-state index in [0.29, 0.717) is 11.4 Å². The predicted molar refractivity (Wildman–Crippen MR) is 93.4 cm³/mol. The van der Waals surface area contributed by atoms with Crippen LogP contribution < -0.4 is 10.2 Å². The molecule has 0 radical (unpaired) electrons. The molecule has 0 fully saturated rings. The van der Waals surface area contributed by atoms with Crippen molar-refractivity contribution in [3.8, 4) is 0 Å². The number of ether oxygens (including phenoxy) is 1. The summed E-state index contributed by atoms with van der Waals surface area (Å²) in [6.07, 6.45) is -0.952. The average Bonchev–Trinajstić information content (AvgIpc) is 2.82. The zero-order valence-corrected chi connectivity index (χ0v) is 14.9. The van der Waals surface area contributed by atoms with Crippen molar-refractivity contribution in [3.05, 3.63) is 50.1 Å². The van der Waals surface area contributed by atoms with Crippen LogP contribution in [0.1, 0.15) is 23.7 Å². The second kappa shape index (κ2) is 7.44. The molecule has 0 aliphatic heterocycles. The quantitative estimate of drug-likeness (QED) is 0.842. The van der Waals surface area contributed by atoms with Crippen molar-refractivity contribution in [2.24, 2.45) is 0 Å². The predicted octanol–water partition coefficient (Wildman–Crippen LogP) is 2.41. The summed E-state index contributed by atoms with van der Waals surface area (Å²) in [4.78, 5) is 35.5. The molecule has 6 nitrogen and oxygen atoms in total. The van der Waals surface area contributed by atoms with Gasteiger partial charge in [-0.15, -0.1) is 0 Å². The minimum absolute atomic E-state index is 0.199. The van der Waals surface area contributed by atoms with E-state index in [1.807, 2.05) is 32.0 Å². The number of benzene rings is 1. The zero-order valence-electron chi connectivity index (χ0n) is 14.1. The molecule has 0 saturated carbocycles. The monoisotopic (exact) mass is 348 g/mol. The highest BCUT2D eigenvalue weighted by molar-refractivity contribution is 7.07. The molecule has 1 N–H and O–H groups in total. The maximum atomic E-state index is 12.2. The third kappa shape index (κ3) is 4.32. The van der Waals surface area contributed by atoms with Crippen LogP contribution in [0.25, 0.3) is 0 Å². The summed E-state index contributed by atoms with van der Waals surface area (Å²) in [6.45, 7) is 6.86. The molecular formula is C17H20N2O4S. The summed E-state index contributed by atoms with van der Waals surface area (Å²) in [5, 5.41) is 4.43. The van der Waals surface area contributed by atoms with Gasteiger partial charge in [0.1, 0.15) is 6.54 Å². The number of nitrogens with one attached hydrogen (secondary N) is 1. The van der Waals surface area contributed by atoms with Gasteiger partial charge in [0, 0.05) is 16.8 Å². The van der Waals surface area contributed by atoms with Crippen LogP contribution in [0.4, 0.5) is 5.69 Å². The largest absolute Gasteiger partial charge is 0.451 e. The molecule has 1 amide bonds. The lowest BCUT2D eigenvalue weighted by Crippen LogP contribution is -2.32. The van der Waals surface area contributed by atoms with Crippen LogP contribution >= 0.6 is 11.3 Å². The highest BCUT2D eigenvalue weighted by Crippen LogP contribution is 2.16. The molecule has 0 saturated heterocycles. The van der Waals surface area contributed by atoms with Crippen molar-refractivity contribution < 1.29 is 14.3 Å². The van der Waals surface area contributed by atoms with Gasteiger partial charge < -0.3 is 10.1 Å². The summed E-state index contributed by atoms with van der Waals surface area (Å²) in [7, 11) is 0. The van der Waals surface area contributed by atoms with Crippen molar-refractivity contribution in [1.82, 2.24) is 4.57 Å². The molecule has 128 valence electrons. The van der Waals surface area contributed by atoms with E-state index < -0.39 is 18.0 Å². The van der Waals surface area contributed by atoms with Gasteiger partial charge in [0.25, 0.3) is 5.91 Å². The standard InChI is InChI=1S/C17H20N2O4S/c1-10-5-6-11(2)14(7-10)18-16(21)13(4)23-15(20)8-19-12(3)9-24-17(19)22/h5-7,9,13H,8H2,1-4H3,(H,18,21)/t13-/m0/s1. The molecular weight excluding hydrogens is 328 g/mol. The number of hydrogen-bond acceptors (Lipinski definition) is 5.